The summed E-state index contributed by atoms with van der Waals surface area (Å²) in [6.45, 7) is 0. The van der Waals surface area contributed by atoms with Gasteiger partial charge in [0.25, 0.3) is 0 Å². The Labute approximate surface area is 120 Å². The van der Waals surface area contributed by atoms with Gasteiger partial charge in [0.15, 0.2) is 0 Å². The van der Waals surface area contributed by atoms with Crippen molar-refractivity contribution in [2.24, 2.45) is 0 Å². The topological polar surface area (TPSA) is 83.5 Å². The number of carbonyl (C=O) groups is 1. The lowest BCUT2D eigenvalue weighted by molar-refractivity contribution is -0.130. The van der Waals surface area contributed by atoms with E-state index in [4.69, 9.17) is 17.3 Å². The Kier molecular flexibility index (Phi) is 3.96. The van der Waals surface area contributed by atoms with Crippen LogP contribution in [0.25, 0.3) is 11.6 Å². The number of aliphatic carboxylic acids is 1. The van der Waals surface area contributed by atoms with E-state index in [2.05, 4.69) is 0 Å². The first-order valence-electron chi connectivity index (χ1n) is 5.77. The highest BCUT2D eigenvalue weighted by molar-refractivity contribution is 6.32. The summed E-state index contributed by atoms with van der Waals surface area (Å²) in [6.07, 6.45) is 1.49. The van der Waals surface area contributed by atoms with Crippen LogP contribution in [-0.2, 0) is 4.79 Å². The molecule has 0 fully saturated rings. The number of halogens is 1. The molecule has 0 radical (unpaired) electrons. The maximum Gasteiger partial charge on any atom is 0.336 e. The van der Waals surface area contributed by atoms with Gasteiger partial charge in [-0.15, -0.1) is 0 Å². The van der Waals surface area contributed by atoms with E-state index in [0.717, 1.165) is 0 Å². The summed E-state index contributed by atoms with van der Waals surface area (Å²) in [4.78, 5) is 11.4. The number of phenols is 1. The summed E-state index contributed by atoms with van der Waals surface area (Å²) < 4.78 is 0. The molecule has 0 aliphatic heterocycles. The lowest BCUT2D eigenvalue weighted by atomic mass is 10.0. The van der Waals surface area contributed by atoms with Crippen molar-refractivity contribution >= 4 is 34.9 Å². The quantitative estimate of drug-likeness (QED) is 0.460. The molecule has 2 aromatic rings. The molecule has 4 N–H and O–H groups in total. The van der Waals surface area contributed by atoms with E-state index in [1.807, 2.05) is 0 Å². The van der Waals surface area contributed by atoms with Crippen LogP contribution in [0.1, 0.15) is 11.1 Å². The molecule has 4 nitrogen and oxygen atoms in total. The van der Waals surface area contributed by atoms with Crippen molar-refractivity contribution in [3.8, 4) is 5.75 Å². The summed E-state index contributed by atoms with van der Waals surface area (Å²) in [6, 6.07) is 11.0. The SMILES string of the molecule is Nc1ccc(/C(=C/c2ccc(O)c(Cl)c2)C(=O)O)cc1. The number of rotatable bonds is 3. The number of nitrogens with two attached hydrogens (primary N) is 1. The van der Waals surface area contributed by atoms with Gasteiger partial charge in [-0.2, -0.15) is 0 Å². The second-order valence-electron chi connectivity index (χ2n) is 4.20. The molecule has 0 amide bonds. The summed E-state index contributed by atoms with van der Waals surface area (Å²) >= 11 is 5.80. The average molecular weight is 290 g/mol. The highest BCUT2D eigenvalue weighted by atomic mass is 35.5. The van der Waals surface area contributed by atoms with Crippen molar-refractivity contribution in [3.63, 3.8) is 0 Å². The van der Waals surface area contributed by atoms with E-state index in [0.29, 0.717) is 16.8 Å². The first kappa shape index (κ1) is 14.0. The standard InChI is InChI=1S/C15H12ClNO3/c16-13-8-9(1-6-14(13)18)7-12(15(19)20)10-2-4-11(17)5-3-10/h1-8,18H,17H2,(H,19,20)/b12-7-. The lowest BCUT2D eigenvalue weighted by Gasteiger charge is -2.05. The molecule has 2 rings (SSSR count). The number of hydrogen-bond acceptors (Lipinski definition) is 3. The average Bonchev–Trinajstić information content (AvgIpc) is 2.41. The normalized spacial score (nSPS) is 11.3. The second kappa shape index (κ2) is 5.67. The highest BCUT2D eigenvalue weighted by Crippen LogP contribution is 2.26. The van der Waals surface area contributed by atoms with Gasteiger partial charge in [-0.05, 0) is 41.5 Å². The van der Waals surface area contributed by atoms with Crippen molar-refractivity contribution in [1.29, 1.82) is 0 Å². The van der Waals surface area contributed by atoms with E-state index in [1.54, 1.807) is 30.3 Å². The van der Waals surface area contributed by atoms with Crippen LogP contribution in [0.4, 0.5) is 5.69 Å². The van der Waals surface area contributed by atoms with Gasteiger partial charge in [0, 0.05) is 5.69 Å². The minimum Gasteiger partial charge on any atom is -0.506 e. The van der Waals surface area contributed by atoms with Gasteiger partial charge in [0.1, 0.15) is 5.75 Å². The van der Waals surface area contributed by atoms with Crippen LogP contribution in [0.2, 0.25) is 5.02 Å². The van der Waals surface area contributed by atoms with E-state index in [9.17, 15) is 15.0 Å². The molecule has 2 aromatic carbocycles. The van der Waals surface area contributed by atoms with Gasteiger partial charge in [-0.25, -0.2) is 4.79 Å². The minimum atomic E-state index is -1.06. The van der Waals surface area contributed by atoms with Gasteiger partial charge in [-0.3, -0.25) is 0 Å². The molecule has 0 saturated carbocycles. The molecule has 0 aromatic heterocycles. The predicted molar refractivity (Wildman–Crippen MR) is 79.5 cm³/mol. The van der Waals surface area contributed by atoms with Gasteiger partial charge < -0.3 is 15.9 Å². The molecule has 5 heteroatoms. The van der Waals surface area contributed by atoms with Crippen LogP contribution >= 0.6 is 11.6 Å². The number of benzene rings is 2. The predicted octanol–water partition coefficient (Wildman–Crippen LogP) is 3.25. The third-order valence-electron chi connectivity index (χ3n) is 2.73. The molecule has 0 aliphatic rings. The number of anilines is 1. The zero-order chi connectivity index (χ0) is 14.7. The fourth-order valence-electron chi connectivity index (χ4n) is 1.71. The minimum absolute atomic E-state index is 0.0480. The molecule has 0 saturated heterocycles. The molecule has 0 bridgehead atoms. The number of phenolic OH excluding ortho intramolecular Hbond substituents is 1. The molecular weight excluding hydrogens is 278 g/mol. The van der Waals surface area contributed by atoms with Gasteiger partial charge in [0.2, 0.25) is 0 Å². The van der Waals surface area contributed by atoms with E-state index >= 15 is 0 Å². The molecule has 0 atom stereocenters. The highest BCUT2D eigenvalue weighted by Gasteiger charge is 2.10. The van der Waals surface area contributed by atoms with Gasteiger partial charge >= 0.3 is 5.97 Å². The summed E-state index contributed by atoms with van der Waals surface area (Å²) in [5.74, 6) is -1.10. The lowest BCUT2D eigenvalue weighted by Crippen LogP contribution is -2.00. The molecule has 0 heterocycles. The van der Waals surface area contributed by atoms with Crippen LogP contribution in [0.3, 0.4) is 0 Å². The smallest absolute Gasteiger partial charge is 0.336 e. The maximum absolute atomic E-state index is 11.4. The number of carboxylic acid groups (broad SMARTS) is 1. The summed E-state index contributed by atoms with van der Waals surface area (Å²) in [7, 11) is 0. The molecular formula is C15H12ClNO3. The van der Waals surface area contributed by atoms with Gasteiger partial charge in [0.05, 0.1) is 10.6 Å². The van der Waals surface area contributed by atoms with E-state index in [1.165, 1.54) is 18.2 Å². The Hall–Kier alpha value is -2.46. The molecule has 0 unspecified atom stereocenters. The van der Waals surface area contributed by atoms with E-state index in [-0.39, 0.29) is 16.3 Å². The largest absolute Gasteiger partial charge is 0.506 e. The van der Waals surface area contributed by atoms with Crippen LogP contribution in [0.15, 0.2) is 42.5 Å². The monoisotopic (exact) mass is 289 g/mol. The zero-order valence-corrected chi connectivity index (χ0v) is 11.1. The molecule has 0 aliphatic carbocycles. The molecule has 102 valence electrons. The number of aromatic hydroxyl groups is 1. The first-order chi connectivity index (χ1) is 9.47. The van der Waals surface area contributed by atoms with Crippen LogP contribution in [0, 0.1) is 0 Å². The zero-order valence-electron chi connectivity index (χ0n) is 10.4. The third kappa shape index (κ3) is 3.10. The Morgan fingerprint density at radius 3 is 2.35 bits per heavy atom. The van der Waals surface area contributed by atoms with Crippen LogP contribution in [0.5, 0.6) is 5.75 Å². The Morgan fingerprint density at radius 1 is 1.15 bits per heavy atom. The fourth-order valence-corrected chi connectivity index (χ4v) is 1.90. The maximum atomic E-state index is 11.4. The summed E-state index contributed by atoms with van der Waals surface area (Å²) in [5.41, 5.74) is 7.38. The van der Waals surface area contributed by atoms with Crippen molar-refractivity contribution < 1.29 is 15.0 Å². The Morgan fingerprint density at radius 2 is 1.80 bits per heavy atom. The third-order valence-corrected chi connectivity index (χ3v) is 3.04. The molecule has 0 spiro atoms. The number of hydrogen-bond donors (Lipinski definition) is 3. The number of nitrogen functional groups attached to an aromatic ring is 1. The van der Waals surface area contributed by atoms with Crippen molar-refractivity contribution in [2.45, 2.75) is 0 Å². The first-order valence-corrected chi connectivity index (χ1v) is 6.14. The van der Waals surface area contributed by atoms with Crippen molar-refractivity contribution in [3.05, 3.63) is 58.6 Å². The molecule has 20 heavy (non-hydrogen) atoms. The fraction of sp³-hybridized carbons (Fsp3) is 0. The Bertz CT molecular complexity index is 678. The van der Waals surface area contributed by atoms with Crippen molar-refractivity contribution in [1.82, 2.24) is 0 Å². The van der Waals surface area contributed by atoms with Crippen LogP contribution < -0.4 is 5.73 Å². The second-order valence-corrected chi connectivity index (χ2v) is 4.60. The van der Waals surface area contributed by atoms with Crippen molar-refractivity contribution in [2.75, 3.05) is 5.73 Å². The summed E-state index contributed by atoms with van der Waals surface area (Å²) in [5, 5.41) is 18.8. The van der Waals surface area contributed by atoms with E-state index < -0.39 is 5.97 Å². The Balaban J connectivity index is 2.47. The van der Waals surface area contributed by atoms with Gasteiger partial charge in [-0.1, -0.05) is 29.8 Å². The van der Waals surface area contributed by atoms with Crippen LogP contribution in [-0.4, -0.2) is 16.2 Å². The number of carboxylic acids is 1.